The van der Waals surface area contributed by atoms with Gasteiger partial charge in [0.05, 0.1) is 18.9 Å². The number of imidazole rings is 1. The number of benzene rings is 2. The highest BCUT2D eigenvalue weighted by Gasteiger charge is 2.14. The Morgan fingerprint density at radius 3 is 2.77 bits per heavy atom. The van der Waals surface area contributed by atoms with Crippen LogP contribution in [0.4, 0.5) is 0 Å². The van der Waals surface area contributed by atoms with Gasteiger partial charge in [-0.15, -0.1) is 0 Å². The third kappa shape index (κ3) is 5.04. The number of aliphatic hydroxyl groups excluding tert-OH is 1. The fraction of sp³-hybridized carbons (Fsp3) is 0.304. The molecule has 0 saturated heterocycles. The largest absolute Gasteiger partial charge is 0.493 e. The topological polar surface area (TPSA) is 73.6 Å². The van der Waals surface area contributed by atoms with Crippen LogP contribution in [0.25, 0.3) is 5.69 Å². The maximum absolute atomic E-state index is 11.5. The van der Waals surface area contributed by atoms with E-state index in [1.54, 1.807) is 24.4 Å². The molecule has 0 aliphatic heterocycles. The Labute approximate surface area is 180 Å². The first-order chi connectivity index (χ1) is 14.4. The van der Waals surface area contributed by atoms with E-state index < -0.39 is 6.10 Å². The van der Waals surface area contributed by atoms with Crippen LogP contribution in [0.3, 0.4) is 0 Å². The molecule has 2 aromatic carbocycles. The summed E-state index contributed by atoms with van der Waals surface area (Å²) in [4.78, 5) is 15.9. The van der Waals surface area contributed by atoms with Crippen molar-refractivity contribution in [2.45, 2.75) is 32.0 Å². The smallest absolute Gasteiger partial charge is 0.172 e. The molecule has 1 N–H and O–H groups in total. The van der Waals surface area contributed by atoms with Crippen molar-refractivity contribution in [2.24, 2.45) is 0 Å². The van der Waals surface area contributed by atoms with Gasteiger partial charge in [-0.25, -0.2) is 4.98 Å². The van der Waals surface area contributed by atoms with E-state index in [9.17, 15) is 9.90 Å². The SMILES string of the molecule is COc1cc(C(C)=O)ccc1OCC(O)CSc1nccn1-c1cccc(C)c1C. The van der Waals surface area contributed by atoms with Gasteiger partial charge in [0.1, 0.15) is 6.61 Å². The van der Waals surface area contributed by atoms with Crippen molar-refractivity contribution in [1.82, 2.24) is 9.55 Å². The second-order valence-corrected chi connectivity index (χ2v) is 7.98. The number of ether oxygens (including phenoxy) is 2. The number of hydrogen-bond acceptors (Lipinski definition) is 6. The monoisotopic (exact) mass is 426 g/mol. The molecule has 1 heterocycles. The van der Waals surface area contributed by atoms with Crippen LogP contribution in [-0.2, 0) is 0 Å². The lowest BCUT2D eigenvalue weighted by atomic mass is 10.1. The van der Waals surface area contributed by atoms with Gasteiger partial charge >= 0.3 is 0 Å². The number of methoxy groups -OCH3 is 1. The van der Waals surface area contributed by atoms with E-state index in [0.717, 1.165) is 10.8 Å². The van der Waals surface area contributed by atoms with Gasteiger partial charge < -0.3 is 14.6 Å². The first-order valence-electron chi connectivity index (χ1n) is 9.63. The van der Waals surface area contributed by atoms with Gasteiger partial charge in [-0.1, -0.05) is 23.9 Å². The molecule has 158 valence electrons. The Kier molecular flexibility index (Phi) is 7.18. The minimum absolute atomic E-state index is 0.0457. The van der Waals surface area contributed by atoms with E-state index in [0.29, 0.717) is 22.8 Å². The molecule has 0 radical (unpaired) electrons. The van der Waals surface area contributed by atoms with Crippen molar-refractivity contribution in [3.8, 4) is 17.2 Å². The van der Waals surface area contributed by atoms with Gasteiger partial charge in [-0.05, 0) is 56.2 Å². The standard InChI is InChI=1S/C23H26N2O4S/c1-15-6-5-7-20(16(15)2)25-11-10-24-23(25)30-14-19(27)13-29-21-9-8-18(17(3)26)12-22(21)28-4/h5-12,19,27H,13-14H2,1-4H3. The molecule has 7 heteroatoms. The van der Waals surface area contributed by atoms with Crippen LogP contribution in [-0.4, -0.2) is 46.0 Å². The van der Waals surface area contributed by atoms with Gasteiger partial charge in [-0.2, -0.15) is 0 Å². The number of nitrogens with zero attached hydrogens (tertiary/aromatic N) is 2. The number of Topliss-reactive ketones (excluding diaryl/α,β-unsaturated/α-hetero) is 1. The zero-order valence-corrected chi connectivity index (χ0v) is 18.4. The van der Waals surface area contributed by atoms with Crippen molar-refractivity contribution < 1.29 is 19.4 Å². The maximum atomic E-state index is 11.5. The lowest BCUT2D eigenvalue weighted by Crippen LogP contribution is -2.20. The first-order valence-corrected chi connectivity index (χ1v) is 10.6. The molecule has 3 aromatic rings. The van der Waals surface area contributed by atoms with Crippen LogP contribution in [0.2, 0.25) is 0 Å². The average Bonchev–Trinajstić information content (AvgIpc) is 3.20. The average molecular weight is 427 g/mol. The minimum Gasteiger partial charge on any atom is -0.493 e. The van der Waals surface area contributed by atoms with Crippen molar-refractivity contribution in [1.29, 1.82) is 0 Å². The second kappa shape index (κ2) is 9.82. The molecule has 0 fully saturated rings. The highest BCUT2D eigenvalue weighted by atomic mass is 32.2. The molecule has 30 heavy (non-hydrogen) atoms. The highest BCUT2D eigenvalue weighted by Crippen LogP contribution is 2.29. The maximum Gasteiger partial charge on any atom is 0.172 e. The van der Waals surface area contributed by atoms with Crippen LogP contribution in [0, 0.1) is 13.8 Å². The Hall–Kier alpha value is -2.77. The molecule has 6 nitrogen and oxygen atoms in total. The molecule has 1 unspecified atom stereocenters. The van der Waals surface area contributed by atoms with Crippen LogP contribution in [0.1, 0.15) is 28.4 Å². The zero-order valence-electron chi connectivity index (χ0n) is 17.6. The molecular weight excluding hydrogens is 400 g/mol. The lowest BCUT2D eigenvalue weighted by molar-refractivity contribution is 0.101. The molecule has 0 amide bonds. The first kappa shape index (κ1) is 21.9. The summed E-state index contributed by atoms with van der Waals surface area (Å²) in [5.41, 5.74) is 4.04. The number of ketones is 1. The van der Waals surface area contributed by atoms with E-state index in [1.807, 2.05) is 16.8 Å². The normalized spacial score (nSPS) is 11.9. The fourth-order valence-corrected chi connectivity index (χ4v) is 3.86. The Morgan fingerprint density at radius 1 is 1.23 bits per heavy atom. The van der Waals surface area contributed by atoms with Crippen molar-refractivity contribution in [2.75, 3.05) is 19.5 Å². The van der Waals surface area contributed by atoms with E-state index in [4.69, 9.17) is 9.47 Å². The van der Waals surface area contributed by atoms with Crippen molar-refractivity contribution in [3.63, 3.8) is 0 Å². The molecule has 3 rings (SSSR count). The molecular formula is C23H26N2O4S. The van der Waals surface area contributed by atoms with Crippen LogP contribution < -0.4 is 9.47 Å². The van der Waals surface area contributed by atoms with E-state index in [-0.39, 0.29) is 12.4 Å². The molecule has 1 aromatic heterocycles. The summed E-state index contributed by atoms with van der Waals surface area (Å²) < 4.78 is 13.0. The molecule has 1 atom stereocenters. The van der Waals surface area contributed by atoms with Crippen LogP contribution in [0.5, 0.6) is 11.5 Å². The number of aryl methyl sites for hydroxylation is 1. The quantitative estimate of drug-likeness (QED) is 0.408. The summed E-state index contributed by atoms with van der Waals surface area (Å²) in [6, 6.07) is 11.2. The molecule has 0 saturated carbocycles. The number of aromatic nitrogens is 2. The third-order valence-electron chi connectivity index (χ3n) is 4.85. The van der Waals surface area contributed by atoms with E-state index in [1.165, 1.54) is 36.9 Å². The number of carbonyl (C=O) groups excluding carboxylic acids is 1. The Morgan fingerprint density at radius 2 is 2.03 bits per heavy atom. The van der Waals surface area contributed by atoms with Gasteiger partial charge in [-0.3, -0.25) is 9.36 Å². The number of carbonyl (C=O) groups is 1. The number of hydrogen-bond donors (Lipinski definition) is 1. The Balaban J connectivity index is 1.61. The summed E-state index contributed by atoms with van der Waals surface area (Å²) in [6.07, 6.45) is 2.99. The second-order valence-electron chi connectivity index (χ2n) is 7.00. The molecule has 0 spiro atoms. The number of aliphatic hydroxyl groups is 1. The number of rotatable bonds is 9. The summed E-state index contributed by atoms with van der Waals surface area (Å²) in [7, 11) is 1.52. The molecule has 0 aliphatic rings. The van der Waals surface area contributed by atoms with Gasteiger partial charge in [0.2, 0.25) is 0 Å². The van der Waals surface area contributed by atoms with Gasteiger partial charge in [0, 0.05) is 23.7 Å². The fourth-order valence-electron chi connectivity index (χ4n) is 2.99. The Bertz CT molecular complexity index is 1030. The van der Waals surface area contributed by atoms with Gasteiger partial charge in [0.25, 0.3) is 0 Å². The lowest BCUT2D eigenvalue weighted by Gasteiger charge is -2.16. The minimum atomic E-state index is -0.698. The van der Waals surface area contributed by atoms with Crippen molar-refractivity contribution >= 4 is 17.5 Å². The predicted octanol–water partition coefficient (Wildman–Crippen LogP) is 4.23. The van der Waals surface area contributed by atoms with Crippen LogP contribution >= 0.6 is 11.8 Å². The predicted molar refractivity (Wildman–Crippen MR) is 118 cm³/mol. The molecule has 0 bridgehead atoms. The van der Waals surface area contributed by atoms with Crippen LogP contribution in [0.15, 0.2) is 53.9 Å². The summed E-state index contributed by atoms with van der Waals surface area (Å²) in [5, 5.41) is 11.2. The van der Waals surface area contributed by atoms with Crippen molar-refractivity contribution in [3.05, 3.63) is 65.5 Å². The zero-order chi connectivity index (χ0) is 21.7. The van der Waals surface area contributed by atoms with E-state index in [2.05, 4.69) is 31.0 Å². The summed E-state index contributed by atoms with van der Waals surface area (Å²) >= 11 is 1.47. The van der Waals surface area contributed by atoms with Gasteiger partial charge in [0.15, 0.2) is 22.4 Å². The number of thioether (sulfide) groups is 1. The summed E-state index contributed by atoms with van der Waals surface area (Å²) in [5.74, 6) is 1.34. The molecule has 0 aliphatic carbocycles. The highest BCUT2D eigenvalue weighted by molar-refractivity contribution is 7.99. The third-order valence-corrected chi connectivity index (χ3v) is 5.96. The van der Waals surface area contributed by atoms with E-state index >= 15 is 0 Å². The summed E-state index contributed by atoms with van der Waals surface area (Å²) in [6.45, 7) is 5.78.